The van der Waals surface area contributed by atoms with Gasteiger partial charge in [-0.05, 0) is 36.2 Å². The SMILES string of the molecule is Cn1cc(-c2cc(CCNS(=O)O)ccc2Oc2ccc(OC3COC3)cc2F)c(OC2COC2)cc1=O. The highest BCUT2D eigenvalue weighted by Gasteiger charge is 2.24. The normalized spacial score (nSPS) is 16.4. The first-order valence-corrected chi connectivity index (χ1v) is 13.1. The molecule has 2 N–H and O–H groups in total. The van der Waals surface area contributed by atoms with E-state index in [1.165, 1.54) is 22.8 Å². The van der Waals surface area contributed by atoms with Crippen molar-refractivity contribution >= 4 is 11.3 Å². The number of nitrogens with one attached hydrogen (secondary N) is 1. The second kappa shape index (κ2) is 11.6. The van der Waals surface area contributed by atoms with E-state index < -0.39 is 17.1 Å². The monoisotopic (exact) mass is 546 g/mol. The smallest absolute Gasteiger partial charge is 0.254 e. The number of pyridine rings is 1. The van der Waals surface area contributed by atoms with E-state index in [4.69, 9.17) is 28.2 Å². The second-order valence-electron chi connectivity index (χ2n) is 8.97. The van der Waals surface area contributed by atoms with Gasteiger partial charge in [0.1, 0.15) is 29.5 Å². The molecular weight excluding hydrogens is 519 g/mol. The van der Waals surface area contributed by atoms with Crippen LogP contribution in [0.1, 0.15) is 5.56 Å². The van der Waals surface area contributed by atoms with E-state index in [1.54, 1.807) is 31.4 Å². The summed E-state index contributed by atoms with van der Waals surface area (Å²) in [4.78, 5) is 12.4. The van der Waals surface area contributed by atoms with Crippen molar-refractivity contribution in [1.29, 1.82) is 0 Å². The summed E-state index contributed by atoms with van der Waals surface area (Å²) in [6.45, 7) is 2.01. The van der Waals surface area contributed by atoms with Gasteiger partial charge < -0.3 is 28.3 Å². The molecule has 12 heteroatoms. The Labute approximate surface area is 220 Å². The van der Waals surface area contributed by atoms with Crippen LogP contribution in [0.4, 0.5) is 4.39 Å². The van der Waals surface area contributed by atoms with E-state index in [2.05, 4.69) is 4.72 Å². The van der Waals surface area contributed by atoms with E-state index in [9.17, 15) is 9.00 Å². The Bertz CT molecular complexity index is 1390. The number of aromatic nitrogens is 1. The fraction of sp³-hybridized carbons (Fsp3) is 0.346. The van der Waals surface area contributed by atoms with Gasteiger partial charge in [-0.1, -0.05) is 6.07 Å². The van der Waals surface area contributed by atoms with Crippen LogP contribution in [0.15, 0.2) is 53.5 Å². The first-order chi connectivity index (χ1) is 18.4. The quantitative estimate of drug-likeness (QED) is 0.353. The summed E-state index contributed by atoms with van der Waals surface area (Å²) in [6.07, 6.45) is 1.78. The van der Waals surface area contributed by atoms with Gasteiger partial charge in [0.15, 0.2) is 11.6 Å². The van der Waals surface area contributed by atoms with Gasteiger partial charge >= 0.3 is 0 Å². The molecule has 2 aromatic carbocycles. The standard InChI is InChI=1S/C26H27FN2O8S/c1-29-11-21(25(10-26(29)30)36-19-14-34-15-19)20-8-16(6-7-28-38(31)32)2-4-23(20)37-24-5-3-17(9-22(24)27)35-18-12-33-13-18/h2-5,8-11,18-19,28H,6-7,12-15H2,1H3,(H,31,32). The predicted molar refractivity (Wildman–Crippen MR) is 137 cm³/mol. The van der Waals surface area contributed by atoms with Gasteiger partial charge in [0.25, 0.3) is 5.56 Å². The van der Waals surface area contributed by atoms with Crippen LogP contribution < -0.4 is 24.5 Å². The highest BCUT2D eigenvalue weighted by molar-refractivity contribution is 7.77. The fourth-order valence-electron chi connectivity index (χ4n) is 3.92. The topological polar surface area (TPSA) is 117 Å². The number of rotatable bonds is 11. The summed E-state index contributed by atoms with van der Waals surface area (Å²) in [5.41, 5.74) is 1.70. The van der Waals surface area contributed by atoms with Crippen LogP contribution in [-0.4, -0.2) is 58.5 Å². The van der Waals surface area contributed by atoms with Crippen LogP contribution in [0.3, 0.4) is 0 Å². The average molecular weight is 547 g/mol. The molecule has 1 unspecified atom stereocenters. The van der Waals surface area contributed by atoms with Gasteiger partial charge in [0, 0.05) is 43.0 Å². The largest absolute Gasteiger partial charge is 0.485 e. The van der Waals surface area contributed by atoms with Crippen molar-refractivity contribution in [2.75, 3.05) is 33.0 Å². The zero-order valence-corrected chi connectivity index (χ0v) is 21.4. The Morgan fingerprint density at radius 2 is 1.71 bits per heavy atom. The van der Waals surface area contributed by atoms with E-state index in [1.807, 2.05) is 6.07 Å². The van der Waals surface area contributed by atoms with Crippen LogP contribution in [0.2, 0.25) is 0 Å². The molecule has 3 heterocycles. The van der Waals surface area contributed by atoms with Crippen molar-refractivity contribution in [2.45, 2.75) is 18.6 Å². The zero-order valence-electron chi connectivity index (χ0n) is 20.6. The minimum Gasteiger partial charge on any atom is -0.485 e. The first-order valence-electron chi connectivity index (χ1n) is 12.0. The summed E-state index contributed by atoms with van der Waals surface area (Å²) in [6, 6.07) is 11.1. The third kappa shape index (κ3) is 6.22. The van der Waals surface area contributed by atoms with Gasteiger partial charge in [0.05, 0.1) is 26.4 Å². The summed E-state index contributed by atoms with van der Waals surface area (Å²) >= 11 is -2.13. The molecule has 0 spiro atoms. The maximum Gasteiger partial charge on any atom is 0.254 e. The maximum atomic E-state index is 15.0. The molecule has 38 heavy (non-hydrogen) atoms. The molecule has 0 bridgehead atoms. The van der Waals surface area contributed by atoms with Crippen LogP contribution in [0, 0.1) is 5.82 Å². The molecular formula is C26H27FN2O8S. The molecule has 0 aliphatic carbocycles. The van der Waals surface area contributed by atoms with Crippen molar-refractivity contribution in [2.24, 2.45) is 7.05 Å². The summed E-state index contributed by atoms with van der Waals surface area (Å²) in [7, 11) is 1.62. The molecule has 5 rings (SSSR count). The second-order valence-corrected chi connectivity index (χ2v) is 9.76. The highest BCUT2D eigenvalue weighted by Crippen LogP contribution is 2.40. The van der Waals surface area contributed by atoms with Gasteiger partial charge in [-0.25, -0.2) is 13.3 Å². The molecule has 2 saturated heterocycles. The fourth-order valence-corrected chi connectivity index (χ4v) is 4.20. The van der Waals surface area contributed by atoms with E-state index in [0.29, 0.717) is 61.2 Å². The van der Waals surface area contributed by atoms with E-state index >= 15 is 4.39 Å². The molecule has 0 radical (unpaired) electrons. The van der Waals surface area contributed by atoms with E-state index in [0.717, 1.165) is 5.56 Å². The summed E-state index contributed by atoms with van der Waals surface area (Å²) in [5, 5.41) is 0. The molecule has 2 aliphatic rings. The number of benzene rings is 2. The molecule has 1 aromatic heterocycles. The number of ether oxygens (including phenoxy) is 5. The van der Waals surface area contributed by atoms with Crippen LogP contribution >= 0.6 is 0 Å². The number of halogens is 1. The highest BCUT2D eigenvalue weighted by atomic mass is 32.2. The number of hydrogen-bond donors (Lipinski definition) is 2. The lowest BCUT2D eigenvalue weighted by Gasteiger charge is -2.28. The average Bonchev–Trinajstić information content (AvgIpc) is 2.83. The van der Waals surface area contributed by atoms with Gasteiger partial charge in [-0.15, -0.1) is 0 Å². The Kier molecular flexibility index (Phi) is 8.05. The maximum absolute atomic E-state index is 15.0. The molecule has 10 nitrogen and oxygen atoms in total. The lowest BCUT2D eigenvalue weighted by molar-refractivity contribution is -0.0797. The number of aryl methyl sites for hydroxylation is 1. The van der Waals surface area contributed by atoms with Gasteiger partial charge in [-0.3, -0.25) is 9.35 Å². The molecule has 1 atom stereocenters. The molecule has 0 saturated carbocycles. The van der Waals surface area contributed by atoms with Gasteiger partial charge in [-0.2, -0.15) is 0 Å². The van der Waals surface area contributed by atoms with Crippen molar-refractivity contribution < 1.29 is 36.8 Å². The minimum atomic E-state index is -2.13. The summed E-state index contributed by atoms with van der Waals surface area (Å²) in [5.74, 6) is 0.457. The molecule has 202 valence electrons. The molecule has 2 aliphatic heterocycles. The van der Waals surface area contributed by atoms with Crippen LogP contribution in [0.25, 0.3) is 11.1 Å². The van der Waals surface area contributed by atoms with Crippen molar-refractivity contribution in [3.05, 3.63) is 70.4 Å². The first kappa shape index (κ1) is 26.3. The lowest BCUT2D eigenvalue weighted by atomic mass is 10.0. The Hall–Kier alpha value is -3.29. The third-order valence-corrected chi connectivity index (χ3v) is 6.55. The van der Waals surface area contributed by atoms with Crippen molar-refractivity contribution in [3.8, 4) is 34.1 Å². The van der Waals surface area contributed by atoms with Crippen LogP contribution in [-0.2, 0) is 34.2 Å². The van der Waals surface area contributed by atoms with Gasteiger partial charge in [0.2, 0.25) is 11.3 Å². The molecule has 0 amide bonds. The Morgan fingerprint density at radius 1 is 1.00 bits per heavy atom. The minimum absolute atomic E-state index is 0.00626. The predicted octanol–water partition coefficient (Wildman–Crippen LogP) is 2.81. The van der Waals surface area contributed by atoms with Crippen molar-refractivity contribution in [1.82, 2.24) is 9.29 Å². The van der Waals surface area contributed by atoms with E-state index in [-0.39, 0.29) is 30.1 Å². The Balaban J connectivity index is 1.50. The number of hydrogen-bond acceptors (Lipinski definition) is 7. The molecule has 2 fully saturated rings. The Morgan fingerprint density at radius 3 is 2.37 bits per heavy atom. The number of nitrogens with zero attached hydrogens (tertiary/aromatic N) is 1. The molecule has 3 aromatic rings. The van der Waals surface area contributed by atoms with Crippen LogP contribution in [0.5, 0.6) is 23.0 Å². The lowest BCUT2D eigenvalue weighted by Crippen LogP contribution is -2.39. The third-order valence-electron chi connectivity index (χ3n) is 6.10. The summed E-state index contributed by atoms with van der Waals surface area (Å²) < 4.78 is 66.9. The zero-order chi connectivity index (χ0) is 26.6. The van der Waals surface area contributed by atoms with Crippen molar-refractivity contribution in [3.63, 3.8) is 0 Å².